The van der Waals surface area contributed by atoms with Crippen LogP contribution in [0.15, 0.2) is 42.5 Å². The summed E-state index contributed by atoms with van der Waals surface area (Å²) in [6.45, 7) is 0. The normalized spacial score (nSPS) is 15.5. The van der Waals surface area contributed by atoms with Gasteiger partial charge in [-0.25, -0.2) is 4.39 Å². The van der Waals surface area contributed by atoms with Crippen LogP contribution in [0.1, 0.15) is 11.1 Å². The zero-order valence-corrected chi connectivity index (χ0v) is 10.5. The van der Waals surface area contributed by atoms with Gasteiger partial charge in [0.2, 0.25) is 0 Å². The van der Waals surface area contributed by atoms with Crippen molar-refractivity contribution in [1.29, 1.82) is 0 Å². The second-order valence-corrected chi connectivity index (χ2v) is 4.69. The smallest absolute Gasteiger partial charge is 0.256 e. The maximum atomic E-state index is 13.1. The topological polar surface area (TPSA) is 29.1 Å². The first-order valence-electron chi connectivity index (χ1n) is 5.72. The molecule has 2 nitrogen and oxygen atoms in total. The van der Waals surface area contributed by atoms with Gasteiger partial charge in [-0.05, 0) is 42.0 Å². The lowest BCUT2D eigenvalue weighted by molar-refractivity contribution is -0.110. The van der Waals surface area contributed by atoms with Crippen LogP contribution in [0.2, 0.25) is 5.02 Å². The van der Waals surface area contributed by atoms with Gasteiger partial charge < -0.3 is 5.32 Å². The molecule has 0 spiro atoms. The van der Waals surface area contributed by atoms with E-state index in [2.05, 4.69) is 5.32 Å². The highest BCUT2D eigenvalue weighted by molar-refractivity contribution is 6.35. The molecule has 1 amide bonds. The monoisotopic (exact) mass is 273 g/mol. The fourth-order valence-corrected chi connectivity index (χ4v) is 2.27. The van der Waals surface area contributed by atoms with E-state index in [-0.39, 0.29) is 11.7 Å². The first-order valence-corrected chi connectivity index (χ1v) is 6.10. The molecule has 0 unspecified atom stereocenters. The van der Waals surface area contributed by atoms with E-state index < -0.39 is 0 Å². The van der Waals surface area contributed by atoms with Crippen molar-refractivity contribution in [3.05, 3.63) is 64.4 Å². The van der Waals surface area contributed by atoms with Gasteiger partial charge in [-0.3, -0.25) is 4.79 Å². The molecule has 0 saturated heterocycles. The fourth-order valence-electron chi connectivity index (χ4n) is 2.07. The summed E-state index contributed by atoms with van der Waals surface area (Å²) in [7, 11) is 0. The predicted molar refractivity (Wildman–Crippen MR) is 74.4 cm³/mol. The lowest BCUT2D eigenvalue weighted by atomic mass is 10.0. The molecule has 1 aliphatic rings. The van der Waals surface area contributed by atoms with Gasteiger partial charge in [0, 0.05) is 16.2 Å². The van der Waals surface area contributed by atoms with Gasteiger partial charge in [-0.15, -0.1) is 0 Å². The van der Waals surface area contributed by atoms with Gasteiger partial charge in [0.15, 0.2) is 0 Å². The molecule has 94 valence electrons. The minimum atomic E-state index is -0.372. The first-order chi connectivity index (χ1) is 9.13. The maximum absolute atomic E-state index is 13.1. The minimum Gasteiger partial charge on any atom is -0.321 e. The van der Waals surface area contributed by atoms with E-state index in [0.29, 0.717) is 21.8 Å². The summed E-state index contributed by atoms with van der Waals surface area (Å²) in [4.78, 5) is 11.9. The van der Waals surface area contributed by atoms with Crippen LogP contribution in [-0.4, -0.2) is 5.91 Å². The summed E-state index contributed by atoms with van der Waals surface area (Å²) in [5.74, 6) is -0.608. The highest BCUT2D eigenvalue weighted by Crippen LogP contribution is 2.33. The molecular formula is C15H9ClFNO. The summed E-state index contributed by atoms with van der Waals surface area (Å²) in [5.41, 5.74) is 2.54. The Bertz CT molecular complexity index is 709. The van der Waals surface area contributed by atoms with Gasteiger partial charge in [-0.1, -0.05) is 23.7 Å². The Morgan fingerprint density at radius 3 is 2.79 bits per heavy atom. The number of hydrogen-bond acceptors (Lipinski definition) is 1. The Morgan fingerprint density at radius 2 is 2.00 bits per heavy atom. The third kappa shape index (κ3) is 2.25. The second kappa shape index (κ2) is 4.52. The Labute approximate surface area is 114 Å². The molecule has 1 aliphatic heterocycles. The van der Waals surface area contributed by atoms with Crippen LogP contribution < -0.4 is 5.32 Å². The molecule has 19 heavy (non-hydrogen) atoms. The van der Waals surface area contributed by atoms with Crippen molar-refractivity contribution >= 4 is 34.8 Å². The molecule has 0 fully saturated rings. The molecule has 0 atom stereocenters. The maximum Gasteiger partial charge on any atom is 0.256 e. The van der Waals surface area contributed by atoms with Gasteiger partial charge >= 0.3 is 0 Å². The van der Waals surface area contributed by atoms with Gasteiger partial charge in [0.1, 0.15) is 5.82 Å². The van der Waals surface area contributed by atoms with Gasteiger partial charge in [0.05, 0.1) is 5.69 Å². The van der Waals surface area contributed by atoms with E-state index in [1.807, 2.05) is 12.1 Å². The molecular weight excluding hydrogens is 265 g/mol. The summed E-state index contributed by atoms with van der Waals surface area (Å²) in [6.07, 6.45) is 1.74. The lowest BCUT2D eigenvalue weighted by Crippen LogP contribution is -2.03. The summed E-state index contributed by atoms with van der Waals surface area (Å²) < 4.78 is 13.1. The van der Waals surface area contributed by atoms with Crippen LogP contribution in [-0.2, 0) is 4.79 Å². The first kappa shape index (κ1) is 11.9. The molecule has 2 aromatic rings. The molecule has 4 heteroatoms. The van der Waals surface area contributed by atoms with Crippen LogP contribution >= 0.6 is 11.6 Å². The number of anilines is 1. The number of carbonyl (C=O) groups excluding carboxylic acids is 1. The van der Waals surface area contributed by atoms with Crippen molar-refractivity contribution in [1.82, 2.24) is 0 Å². The van der Waals surface area contributed by atoms with E-state index in [1.54, 1.807) is 24.3 Å². The molecule has 1 heterocycles. The Hall–Kier alpha value is -2.13. The van der Waals surface area contributed by atoms with Crippen LogP contribution in [0.25, 0.3) is 11.6 Å². The zero-order chi connectivity index (χ0) is 13.4. The zero-order valence-electron chi connectivity index (χ0n) is 9.78. The lowest BCUT2D eigenvalue weighted by Gasteiger charge is -1.99. The van der Waals surface area contributed by atoms with Crippen molar-refractivity contribution < 1.29 is 9.18 Å². The molecule has 0 aromatic heterocycles. The summed E-state index contributed by atoms with van der Waals surface area (Å²) in [5, 5.41) is 3.25. The van der Waals surface area contributed by atoms with Crippen LogP contribution in [0, 0.1) is 5.82 Å². The van der Waals surface area contributed by atoms with Gasteiger partial charge in [0.25, 0.3) is 5.91 Å². The third-order valence-electron chi connectivity index (χ3n) is 2.92. The number of amides is 1. The van der Waals surface area contributed by atoms with E-state index in [0.717, 1.165) is 5.56 Å². The number of nitrogens with one attached hydrogen (secondary N) is 1. The number of halogens is 2. The molecule has 2 aromatic carbocycles. The largest absolute Gasteiger partial charge is 0.321 e. The predicted octanol–water partition coefficient (Wildman–Crippen LogP) is 3.97. The molecule has 3 rings (SSSR count). The SMILES string of the molecule is O=C1Nc2cc(F)ccc2C1=Cc1cccc(Cl)c1. The average molecular weight is 274 g/mol. The molecule has 0 saturated carbocycles. The van der Waals surface area contributed by atoms with Crippen LogP contribution in [0.4, 0.5) is 10.1 Å². The van der Waals surface area contributed by atoms with Crippen LogP contribution in [0.3, 0.4) is 0 Å². The van der Waals surface area contributed by atoms with Crippen molar-refractivity contribution in [2.75, 3.05) is 5.32 Å². The fraction of sp³-hybridized carbons (Fsp3) is 0. The van der Waals surface area contributed by atoms with E-state index in [1.165, 1.54) is 12.1 Å². The molecule has 1 N–H and O–H groups in total. The van der Waals surface area contributed by atoms with E-state index in [4.69, 9.17) is 11.6 Å². The molecule has 0 bridgehead atoms. The number of benzene rings is 2. The van der Waals surface area contributed by atoms with Crippen LogP contribution in [0.5, 0.6) is 0 Å². The quantitative estimate of drug-likeness (QED) is 0.783. The molecule has 0 radical (unpaired) electrons. The minimum absolute atomic E-state index is 0.236. The second-order valence-electron chi connectivity index (χ2n) is 4.26. The Kier molecular flexibility index (Phi) is 2.84. The van der Waals surface area contributed by atoms with Gasteiger partial charge in [-0.2, -0.15) is 0 Å². The van der Waals surface area contributed by atoms with Crippen molar-refractivity contribution in [2.24, 2.45) is 0 Å². The number of rotatable bonds is 1. The summed E-state index contributed by atoms with van der Waals surface area (Å²) >= 11 is 5.91. The number of carbonyl (C=O) groups is 1. The van der Waals surface area contributed by atoms with E-state index >= 15 is 0 Å². The van der Waals surface area contributed by atoms with Crippen molar-refractivity contribution in [2.45, 2.75) is 0 Å². The van der Waals surface area contributed by atoms with E-state index in [9.17, 15) is 9.18 Å². The van der Waals surface area contributed by atoms with Crippen molar-refractivity contribution in [3.63, 3.8) is 0 Å². The average Bonchev–Trinajstić information content (AvgIpc) is 2.65. The highest BCUT2D eigenvalue weighted by atomic mass is 35.5. The summed E-state index contributed by atoms with van der Waals surface area (Å²) in [6, 6.07) is 11.4. The third-order valence-corrected chi connectivity index (χ3v) is 3.16. The van der Waals surface area contributed by atoms with Crippen molar-refractivity contribution in [3.8, 4) is 0 Å². The molecule has 0 aliphatic carbocycles. The standard InChI is InChI=1S/C15H9ClFNO/c16-10-3-1-2-9(6-10)7-13-12-5-4-11(17)8-14(12)18-15(13)19/h1-8H,(H,18,19). The Morgan fingerprint density at radius 1 is 1.16 bits per heavy atom. The Balaban J connectivity index is 2.09. The number of fused-ring (bicyclic) bond motifs is 1. The highest BCUT2D eigenvalue weighted by Gasteiger charge is 2.24. The number of hydrogen-bond donors (Lipinski definition) is 1.